The molecule has 0 aliphatic carbocycles. The van der Waals surface area contributed by atoms with Crippen LogP contribution in [0.2, 0.25) is 0 Å². The number of carbonyl (C=O) groups excluding carboxylic acids is 2. The molecule has 6 nitrogen and oxygen atoms in total. The molecule has 0 radical (unpaired) electrons. The summed E-state index contributed by atoms with van der Waals surface area (Å²) in [4.78, 5) is 38.4. The molecule has 148 valence electrons. The topological polar surface area (TPSA) is 77.9 Å². The van der Waals surface area contributed by atoms with Crippen LogP contribution in [-0.4, -0.2) is 57.1 Å². The van der Waals surface area contributed by atoms with Gasteiger partial charge in [0.2, 0.25) is 0 Å². The van der Waals surface area contributed by atoms with Crippen molar-refractivity contribution in [3.63, 3.8) is 0 Å². The van der Waals surface area contributed by atoms with Gasteiger partial charge in [0.1, 0.15) is 0 Å². The molecular formula is C18H21F3N2O4. The fourth-order valence-electron chi connectivity index (χ4n) is 3.24. The van der Waals surface area contributed by atoms with E-state index < -0.39 is 55.1 Å². The second-order valence-corrected chi connectivity index (χ2v) is 7.40. The number of imide groups is 1. The average Bonchev–Trinajstić information content (AvgIpc) is 2.75. The van der Waals surface area contributed by atoms with Crippen molar-refractivity contribution in [1.82, 2.24) is 9.80 Å². The van der Waals surface area contributed by atoms with Crippen LogP contribution in [0.1, 0.15) is 54.3 Å². The number of rotatable bonds is 5. The maximum atomic E-state index is 12.7. The minimum atomic E-state index is -4.48. The Labute approximate surface area is 154 Å². The van der Waals surface area contributed by atoms with Crippen LogP contribution in [-0.2, 0) is 0 Å². The smallest absolute Gasteiger partial charge is 0.408 e. The second-order valence-electron chi connectivity index (χ2n) is 7.40. The molecular weight excluding hydrogens is 365 g/mol. The van der Waals surface area contributed by atoms with Crippen molar-refractivity contribution >= 4 is 17.9 Å². The molecule has 1 aliphatic rings. The fraction of sp³-hybridized carbons (Fsp3) is 0.500. The normalized spacial score (nSPS) is 15.7. The highest BCUT2D eigenvalue weighted by molar-refractivity contribution is 6.21. The lowest BCUT2D eigenvalue weighted by molar-refractivity contribution is -0.139. The van der Waals surface area contributed by atoms with E-state index in [1.807, 2.05) is 0 Å². The lowest BCUT2D eigenvalue weighted by Crippen LogP contribution is -2.55. The van der Waals surface area contributed by atoms with E-state index >= 15 is 0 Å². The summed E-state index contributed by atoms with van der Waals surface area (Å²) >= 11 is 0. The number of hydrogen-bond acceptors (Lipinski definition) is 3. The Balaban J connectivity index is 2.33. The monoisotopic (exact) mass is 386 g/mol. The highest BCUT2D eigenvalue weighted by atomic mass is 19.4. The number of hydrogen-bond donors (Lipinski definition) is 1. The second kappa shape index (κ2) is 7.21. The van der Waals surface area contributed by atoms with Gasteiger partial charge in [-0.05, 0) is 39.3 Å². The van der Waals surface area contributed by atoms with E-state index in [0.717, 1.165) is 9.80 Å². The van der Waals surface area contributed by atoms with Gasteiger partial charge in [0, 0.05) is 18.5 Å². The number of alkyl halides is 3. The molecule has 27 heavy (non-hydrogen) atoms. The Bertz CT molecular complexity index is 721. The predicted molar refractivity (Wildman–Crippen MR) is 90.5 cm³/mol. The third kappa shape index (κ3) is 4.58. The molecule has 0 saturated carbocycles. The van der Waals surface area contributed by atoms with Gasteiger partial charge in [-0.2, -0.15) is 13.2 Å². The summed E-state index contributed by atoms with van der Waals surface area (Å²) in [5.74, 6) is -1.27. The molecule has 1 N–H and O–H groups in total. The van der Waals surface area contributed by atoms with Gasteiger partial charge in [-0.1, -0.05) is 12.1 Å². The molecule has 3 amide bonds. The zero-order valence-corrected chi connectivity index (χ0v) is 15.2. The first-order valence-electron chi connectivity index (χ1n) is 8.37. The largest absolute Gasteiger partial charge is 0.465 e. The zero-order valence-electron chi connectivity index (χ0n) is 15.2. The number of carbonyl (C=O) groups is 3. The predicted octanol–water partition coefficient (Wildman–Crippen LogP) is 3.77. The maximum absolute atomic E-state index is 12.7. The molecule has 1 aromatic rings. The Morgan fingerprint density at radius 2 is 1.59 bits per heavy atom. The molecule has 0 unspecified atom stereocenters. The fourth-order valence-corrected chi connectivity index (χ4v) is 3.24. The number of benzene rings is 1. The number of amides is 3. The van der Waals surface area contributed by atoms with Crippen molar-refractivity contribution in [3.05, 3.63) is 35.4 Å². The number of nitrogens with zero attached hydrogens (tertiary/aromatic N) is 2. The van der Waals surface area contributed by atoms with Crippen molar-refractivity contribution in [2.75, 3.05) is 6.54 Å². The van der Waals surface area contributed by atoms with E-state index in [1.165, 1.54) is 12.1 Å². The Morgan fingerprint density at radius 1 is 1.11 bits per heavy atom. The van der Waals surface area contributed by atoms with E-state index in [4.69, 9.17) is 0 Å². The number of carboxylic acid groups (broad SMARTS) is 1. The average molecular weight is 386 g/mol. The van der Waals surface area contributed by atoms with E-state index in [-0.39, 0.29) is 11.1 Å². The van der Waals surface area contributed by atoms with Gasteiger partial charge in [-0.15, -0.1) is 0 Å². The molecule has 0 aromatic heterocycles. The molecule has 1 heterocycles. The van der Waals surface area contributed by atoms with Crippen LogP contribution in [0.4, 0.5) is 18.0 Å². The molecule has 1 aliphatic heterocycles. The third-order valence-electron chi connectivity index (χ3n) is 4.33. The van der Waals surface area contributed by atoms with Crippen molar-refractivity contribution in [2.45, 2.75) is 51.4 Å². The zero-order chi connectivity index (χ0) is 20.6. The number of halogens is 3. The highest BCUT2D eigenvalue weighted by Crippen LogP contribution is 2.29. The molecule has 0 spiro atoms. The van der Waals surface area contributed by atoms with Crippen molar-refractivity contribution < 1.29 is 32.7 Å². The molecule has 2 rings (SSSR count). The van der Waals surface area contributed by atoms with Gasteiger partial charge in [0.25, 0.3) is 11.8 Å². The van der Waals surface area contributed by atoms with Crippen LogP contribution < -0.4 is 0 Å². The van der Waals surface area contributed by atoms with Gasteiger partial charge in [0.15, 0.2) is 0 Å². The Morgan fingerprint density at radius 3 is 1.96 bits per heavy atom. The lowest BCUT2D eigenvalue weighted by Gasteiger charge is -2.41. The van der Waals surface area contributed by atoms with Crippen LogP contribution >= 0.6 is 0 Å². The van der Waals surface area contributed by atoms with E-state index in [0.29, 0.717) is 0 Å². The van der Waals surface area contributed by atoms with Crippen molar-refractivity contribution in [3.8, 4) is 0 Å². The summed E-state index contributed by atoms with van der Waals surface area (Å²) in [5, 5.41) is 9.54. The summed E-state index contributed by atoms with van der Waals surface area (Å²) in [6, 6.07) is 4.88. The van der Waals surface area contributed by atoms with E-state index in [1.54, 1.807) is 32.9 Å². The van der Waals surface area contributed by atoms with Gasteiger partial charge in [0.05, 0.1) is 17.2 Å². The summed E-state index contributed by atoms with van der Waals surface area (Å²) in [6.45, 7) is 4.20. The lowest BCUT2D eigenvalue weighted by atomic mass is 10.00. The molecule has 9 heteroatoms. The Kier molecular flexibility index (Phi) is 5.53. The SMILES string of the molecule is CC(C)(C)N(C(=O)O)[C@H](CCC(F)(F)F)CN1C(=O)c2ccccc2C1=O. The van der Waals surface area contributed by atoms with Gasteiger partial charge in [-0.25, -0.2) is 4.79 Å². The van der Waals surface area contributed by atoms with Gasteiger partial charge < -0.3 is 5.11 Å². The molecule has 0 saturated heterocycles. The van der Waals surface area contributed by atoms with Crippen LogP contribution in [0.25, 0.3) is 0 Å². The minimum absolute atomic E-state index is 0.162. The molecule has 0 bridgehead atoms. The molecule has 1 aromatic carbocycles. The summed E-state index contributed by atoms with van der Waals surface area (Å²) in [5.41, 5.74) is -0.690. The first-order chi connectivity index (χ1) is 12.3. The highest BCUT2D eigenvalue weighted by Gasteiger charge is 2.42. The first-order valence-corrected chi connectivity index (χ1v) is 8.37. The molecule has 1 atom stereocenters. The van der Waals surface area contributed by atoms with Crippen LogP contribution in [0.3, 0.4) is 0 Å². The van der Waals surface area contributed by atoms with E-state index in [9.17, 15) is 32.7 Å². The van der Waals surface area contributed by atoms with Crippen molar-refractivity contribution in [2.24, 2.45) is 0 Å². The quantitative estimate of drug-likeness (QED) is 0.782. The van der Waals surface area contributed by atoms with Crippen LogP contribution in [0.5, 0.6) is 0 Å². The first kappa shape index (κ1) is 20.7. The maximum Gasteiger partial charge on any atom is 0.408 e. The summed E-state index contributed by atoms with van der Waals surface area (Å²) in [7, 11) is 0. The standard InChI is InChI=1S/C18H21F3N2O4/c1-17(2,3)23(16(26)27)11(8-9-18(19,20)21)10-22-14(24)12-6-4-5-7-13(12)15(22)25/h4-7,11H,8-10H2,1-3H3,(H,26,27)/t11-/m1/s1. The minimum Gasteiger partial charge on any atom is -0.465 e. The van der Waals surface area contributed by atoms with Gasteiger partial charge in [-0.3, -0.25) is 19.4 Å². The number of fused-ring (bicyclic) bond motifs is 1. The summed E-state index contributed by atoms with van der Waals surface area (Å²) in [6.07, 6.45) is -7.67. The molecule has 0 fully saturated rings. The Hall–Kier alpha value is -2.58. The van der Waals surface area contributed by atoms with E-state index in [2.05, 4.69) is 0 Å². The third-order valence-corrected chi connectivity index (χ3v) is 4.33. The van der Waals surface area contributed by atoms with Gasteiger partial charge >= 0.3 is 12.3 Å². The van der Waals surface area contributed by atoms with Crippen LogP contribution in [0.15, 0.2) is 24.3 Å². The summed E-state index contributed by atoms with van der Waals surface area (Å²) < 4.78 is 38.2. The van der Waals surface area contributed by atoms with Crippen LogP contribution in [0, 0.1) is 0 Å². The van der Waals surface area contributed by atoms with Crippen molar-refractivity contribution in [1.29, 1.82) is 0 Å².